The van der Waals surface area contributed by atoms with Gasteiger partial charge in [0.05, 0.1) is 11.4 Å². The van der Waals surface area contributed by atoms with E-state index in [0.717, 1.165) is 10.7 Å². The average Bonchev–Trinajstić information content (AvgIpc) is 2.74. The summed E-state index contributed by atoms with van der Waals surface area (Å²) in [4.78, 5) is 25.3. The van der Waals surface area contributed by atoms with Crippen LogP contribution in [-0.4, -0.2) is 39.6 Å². The van der Waals surface area contributed by atoms with Gasteiger partial charge in [-0.15, -0.1) is 0 Å². The zero-order valence-electron chi connectivity index (χ0n) is 15.2. The van der Waals surface area contributed by atoms with Crippen LogP contribution in [0, 0.1) is 0 Å². The molecule has 0 saturated carbocycles. The number of hydrogen-bond acceptors (Lipinski definition) is 4. The van der Waals surface area contributed by atoms with E-state index in [0.29, 0.717) is 16.3 Å². The molecule has 2 atom stereocenters. The Morgan fingerprint density at radius 2 is 1.70 bits per heavy atom. The van der Waals surface area contributed by atoms with E-state index in [9.17, 15) is 22.8 Å². The molecule has 1 amide bonds. The van der Waals surface area contributed by atoms with Crippen molar-refractivity contribution in [3.05, 3.63) is 81.6 Å². The Morgan fingerprint density at radius 3 is 2.30 bits per heavy atom. The number of alkyl halides is 3. The number of amides is 1. The highest BCUT2D eigenvalue weighted by molar-refractivity contribution is 6.30. The lowest BCUT2D eigenvalue weighted by atomic mass is 10.1. The molecule has 1 unspecified atom stereocenters. The fourth-order valence-electron chi connectivity index (χ4n) is 2.58. The number of halogens is 4. The number of aromatic nitrogens is 2. The number of aliphatic hydroxyl groups is 1. The molecule has 10 heteroatoms. The first kappa shape index (κ1) is 21.5. The van der Waals surface area contributed by atoms with Crippen LogP contribution in [0.2, 0.25) is 5.02 Å². The third-order valence-corrected chi connectivity index (χ3v) is 4.38. The van der Waals surface area contributed by atoms with Crippen LogP contribution in [0.25, 0.3) is 16.9 Å². The number of hydrogen-bond donors (Lipinski definition) is 2. The summed E-state index contributed by atoms with van der Waals surface area (Å²) in [5.74, 6) is -1.27. The molecule has 0 aliphatic carbocycles. The first-order valence-corrected chi connectivity index (χ1v) is 9.02. The molecular formula is C20H15ClF3N3O3. The second kappa shape index (κ2) is 9.10. The van der Waals surface area contributed by atoms with Crippen molar-refractivity contribution in [3.8, 4) is 16.9 Å². The van der Waals surface area contributed by atoms with Gasteiger partial charge in [0.1, 0.15) is 5.56 Å². The molecule has 0 aliphatic heterocycles. The third kappa shape index (κ3) is 4.69. The predicted molar refractivity (Wildman–Crippen MR) is 105 cm³/mol. The van der Waals surface area contributed by atoms with E-state index < -0.39 is 35.9 Å². The molecule has 3 rings (SSSR count). The van der Waals surface area contributed by atoms with Crippen molar-refractivity contribution >= 4 is 17.5 Å². The van der Waals surface area contributed by atoms with Crippen molar-refractivity contribution in [2.45, 2.75) is 18.8 Å². The van der Waals surface area contributed by atoms with Gasteiger partial charge in [-0.25, -0.2) is 13.2 Å². The van der Waals surface area contributed by atoms with Gasteiger partial charge in [0.25, 0.3) is 17.9 Å². The van der Waals surface area contributed by atoms with Crippen molar-refractivity contribution in [2.75, 3.05) is 0 Å². The maximum atomic E-state index is 13.8. The maximum Gasteiger partial charge on any atom is 0.284 e. The average molecular weight is 438 g/mol. The second-order valence-corrected chi connectivity index (χ2v) is 6.64. The molecule has 0 fully saturated rings. The van der Waals surface area contributed by atoms with Gasteiger partial charge < -0.3 is 10.4 Å². The number of nitrogens with one attached hydrogen (secondary N) is 1. The summed E-state index contributed by atoms with van der Waals surface area (Å²) >= 11 is 5.88. The quantitative estimate of drug-likeness (QED) is 0.580. The number of carbonyl (C=O) groups excluding carboxylic acids is 1. The molecule has 0 spiro atoms. The number of aliphatic hydroxyl groups excluding tert-OH is 1. The van der Waals surface area contributed by atoms with Crippen LogP contribution in [-0.2, 0) is 0 Å². The Bertz CT molecular complexity index is 1090. The molecule has 1 heterocycles. The van der Waals surface area contributed by atoms with Gasteiger partial charge in [-0.2, -0.15) is 9.78 Å². The summed E-state index contributed by atoms with van der Waals surface area (Å²) in [5, 5.41) is 15.4. The molecule has 3 aromatic rings. The van der Waals surface area contributed by atoms with Crippen molar-refractivity contribution in [2.24, 2.45) is 0 Å². The molecular weight excluding hydrogens is 423 g/mol. The van der Waals surface area contributed by atoms with Gasteiger partial charge >= 0.3 is 0 Å². The van der Waals surface area contributed by atoms with Gasteiger partial charge in [-0.1, -0.05) is 41.9 Å². The zero-order valence-corrected chi connectivity index (χ0v) is 15.9. The molecule has 1 aromatic heterocycles. The Labute approximate surface area is 173 Å². The van der Waals surface area contributed by atoms with Crippen molar-refractivity contribution < 1.29 is 23.1 Å². The smallest absolute Gasteiger partial charge is 0.284 e. The van der Waals surface area contributed by atoms with Crippen LogP contribution < -0.4 is 10.9 Å². The molecule has 6 nitrogen and oxygen atoms in total. The van der Waals surface area contributed by atoms with Crippen molar-refractivity contribution in [3.63, 3.8) is 0 Å². The molecule has 0 bridgehead atoms. The number of rotatable bonds is 6. The molecule has 0 aliphatic rings. The summed E-state index contributed by atoms with van der Waals surface area (Å²) < 4.78 is 39.7. The minimum atomic E-state index is -3.41. The first-order valence-electron chi connectivity index (χ1n) is 8.65. The molecule has 30 heavy (non-hydrogen) atoms. The molecule has 0 saturated heterocycles. The maximum absolute atomic E-state index is 13.8. The van der Waals surface area contributed by atoms with Crippen molar-refractivity contribution in [1.29, 1.82) is 0 Å². The van der Waals surface area contributed by atoms with Gasteiger partial charge in [0.2, 0.25) is 6.30 Å². The van der Waals surface area contributed by atoms with Gasteiger partial charge in [0, 0.05) is 10.6 Å². The molecule has 0 radical (unpaired) electrons. The lowest BCUT2D eigenvalue weighted by Crippen LogP contribution is -2.45. The topological polar surface area (TPSA) is 84.2 Å². The standard InChI is InChI=1S/C20H15ClF3N3O3/c21-12-8-6-11(7-9-12)15-10-14(19(29)25-18(24)16(28)17(22)23)20(30)27(26-15)13-4-2-1-3-5-13/h1-10,16-18,28H,(H,25,29)/t16-,18?/m0/s1. The minimum absolute atomic E-state index is 0.185. The van der Waals surface area contributed by atoms with E-state index in [1.165, 1.54) is 0 Å². The highest BCUT2D eigenvalue weighted by Crippen LogP contribution is 2.20. The zero-order chi connectivity index (χ0) is 21.8. The van der Waals surface area contributed by atoms with Gasteiger partial charge in [-0.05, 0) is 30.3 Å². The van der Waals surface area contributed by atoms with E-state index in [1.807, 2.05) is 0 Å². The van der Waals surface area contributed by atoms with Crippen LogP contribution in [0.15, 0.2) is 65.5 Å². The Morgan fingerprint density at radius 1 is 1.07 bits per heavy atom. The van der Waals surface area contributed by atoms with Crippen LogP contribution in [0.5, 0.6) is 0 Å². The summed E-state index contributed by atoms with van der Waals surface area (Å²) in [5.41, 5.74) is -0.414. The van der Waals surface area contributed by atoms with Gasteiger partial charge in [0.15, 0.2) is 6.10 Å². The summed E-state index contributed by atoms with van der Waals surface area (Å²) in [6, 6.07) is 15.6. The van der Waals surface area contributed by atoms with Gasteiger partial charge in [-0.3, -0.25) is 9.59 Å². The minimum Gasteiger partial charge on any atom is -0.382 e. The van der Waals surface area contributed by atoms with Crippen LogP contribution in [0.4, 0.5) is 13.2 Å². The summed E-state index contributed by atoms with van der Waals surface area (Å²) in [6.07, 6.45) is -8.92. The number of para-hydroxylation sites is 1. The lowest BCUT2D eigenvalue weighted by molar-refractivity contribution is -0.0551. The fraction of sp³-hybridized carbons (Fsp3) is 0.150. The van der Waals surface area contributed by atoms with Crippen molar-refractivity contribution in [1.82, 2.24) is 15.1 Å². The third-order valence-electron chi connectivity index (χ3n) is 4.12. The van der Waals surface area contributed by atoms with E-state index in [1.54, 1.807) is 59.9 Å². The number of nitrogens with zero attached hydrogens (tertiary/aromatic N) is 2. The second-order valence-electron chi connectivity index (χ2n) is 6.20. The summed E-state index contributed by atoms with van der Waals surface area (Å²) in [7, 11) is 0. The van der Waals surface area contributed by atoms with E-state index >= 15 is 0 Å². The highest BCUT2D eigenvalue weighted by atomic mass is 35.5. The Kier molecular flexibility index (Phi) is 6.53. The largest absolute Gasteiger partial charge is 0.382 e. The van der Waals surface area contributed by atoms with E-state index in [-0.39, 0.29) is 5.69 Å². The van der Waals surface area contributed by atoms with Crippen LogP contribution in [0.1, 0.15) is 10.4 Å². The lowest BCUT2D eigenvalue weighted by Gasteiger charge is -2.16. The summed E-state index contributed by atoms with van der Waals surface area (Å²) in [6.45, 7) is 0. The normalized spacial score (nSPS) is 13.1. The van der Waals surface area contributed by atoms with Crippen LogP contribution in [0.3, 0.4) is 0 Å². The molecule has 2 aromatic carbocycles. The number of benzene rings is 2. The predicted octanol–water partition coefficient (Wildman–Crippen LogP) is 3.20. The van der Waals surface area contributed by atoms with Crippen LogP contribution >= 0.6 is 11.6 Å². The fourth-order valence-corrected chi connectivity index (χ4v) is 2.71. The SMILES string of the molecule is O=C(NC(F)[C@@H](O)C(F)F)c1cc(-c2ccc(Cl)cc2)nn(-c2ccccc2)c1=O. The van der Waals surface area contributed by atoms with E-state index in [4.69, 9.17) is 16.7 Å². The first-order chi connectivity index (χ1) is 14.3. The Hall–Kier alpha value is -3.17. The van der Waals surface area contributed by atoms with E-state index in [2.05, 4.69) is 5.10 Å². The number of carbonyl (C=O) groups is 1. The monoisotopic (exact) mass is 437 g/mol. The Balaban J connectivity index is 2.09. The highest BCUT2D eigenvalue weighted by Gasteiger charge is 2.30. The molecule has 2 N–H and O–H groups in total. The molecule has 156 valence electrons.